The standard InChI is InChI=1S/C23H23ClN4O2/c1-16-20(17(2)28(27-16)15-5-14-25)12-13-23(29)26-18-8-10-19(11-9-18)30-22-7-4-3-6-21(22)24/h3-4,6-11H,5,12-13,15H2,1-2H3,(H,26,29). The van der Waals surface area contributed by atoms with Crippen LogP contribution in [-0.2, 0) is 17.8 Å². The first-order valence-electron chi connectivity index (χ1n) is 9.70. The van der Waals surface area contributed by atoms with Gasteiger partial charge in [-0.2, -0.15) is 10.4 Å². The van der Waals surface area contributed by atoms with Crippen molar-refractivity contribution in [1.82, 2.24) is 9.78 Å². The van der Waals surface area contributed by atoms with Crippen LogP contribution in [-0.4, -0.2) is 15.7 Å². The zero-order valence-corrected chi connectivity index (χ0v) is 17.7. The average molecular weight is 423 g/mol. The Morgan fingerprint density at radius 3 is 2.63 bits per heavy atom. The van der Waals surface area contributed by atoms with Crippen molar-refractivity contribution in [3.8, 4) is 17.6 Å². The number of anilines is 1. The fourth-order valence-corrected chi connectivity index (χ4v) is 3.37. The van der Waals surface area contributed by atoms with Gasteiger partial charge in [-0.25, -0.2) is 0 Å². The van der Waals surface area contributed by atoms with Crippen LogP contribution in [0.4, 0.5) is 5.69 Å². The minimum absolute atomic E-state index is 0.0710. The molecule has 3 rings (SSSR count). The summed E-state index contributed by atoms with van der Waals surface area (Å²) in [5.74, 6) is 1.15. The number of nitrogens with zero attached hydrogens (tertiary/aromatic N) is 3. The summed E-state index contributed by atoms with van der Waals surface area (Å²) in [7, 11) is 0. The van der Waals surface area contributed by atoms with Gasteiger partial charge in [-0.3, -0.25) is 9.48 Å². The fraction of sp³-hybridized carbons (Fsp3) is 0.261. The number of ether oxygens (including phenoxy) is 1. The average Bonchev–Trinajstić information content (AvgIpc) is 3.00. The van der Waals surface area contributed by atoms with Crippen LogP contribution in [0.3, 0.4) is 0 Å². The molecule has 1 N–H and O–H groups in total. The van der Waals surface area contributed by atoms with E-state index >= 15 is 0 Å². The highest BCUT2D eigenvalue weighted by atomic mass is 35.5. The molecule has 0 spiro atoms. The third kappa shape index (κ3) is 5.40. The summed E-state index contributed by atoms with van der Waals surface area (Å²) >= 11 is 6.11. The summed E-state index contributed by atoms with van der Waals surface area (Å²) in [5, 5.41) is 16.7. The van der Waals surface area contributed by atoms with Gasteiger partial charge in [0.1, 0.15) is 11.5 Å². The molecule has 1 amide bonds. The maximum absolute atomic E-state index is 12.4. The molecule has 0 fully saturated rings. The third-order valence-corrected chi connectivity index (χ3v) is 5.08. The molecule has 0 aliphatic rings. The maximum atomic E-state index is 12.4. The van der Waals surface area contributed by atoms with Crippen LogP contribution in [0.5, 0.6) is 11.5 Å². The largest absolute Gasteiger partial charge is 0.456 e. The van der Waals surface area contributed by atoms with E-state index in [0.29, 0.717) is 48.0 Å². The zero-order chi connectivity index (χ0) is 21.5. The molecule has 0 saturated heterocycles. The van der Waals surface area contributed by atoms with Gasteiger partial charge < -0.3 is 10.1 Å². The number of hydrogen-bond acceptors (Lipinski definition) is 4. The highest BCUT2D eigenvalue weighted by Crippen LogP contribution is 2.29. The van der Waals surface area contributed by atoms with E-state index in [4.69, 9.17) is 21.6 Å². The summed E-state index contributed by atoms with van der Waals surface area (Å²) < 4.78 is 7.59. The summed E-state index contributed by atoms with van der Waals surface area (Å²) in [6, 6.07) is 16.5. The lowest BCUT2D eigenvalue weighted by atomic mass is 10.1. The maximum Gasteiger partial charge on any atom is 0.224 e. The molecule has 1 heterocycles. The number of hydrogen-bond donors (Lipinski definition) is 1. The second kappa shape index (κ2) is 9.95. The van der Waals surface area contributed by atoms with Crippen molar-refractivity contribution in [2.75, 3.05) is 5.32 Å². The van der Waals surface area contributed by atoms with Crippen LogP contribution in [0.2, 0.25) is 5.02 Å². The number of aryl methyl sites for hydroxylation is 2. The predicted octanol–water partition coefficient (Wildman–Crippen LogP) is 5.43. The van der Waals surface area contributed by atoms with E-state index in [9.17, 15) is 4.79 Å². The molecule has 154 valence electrons. The normalized spacial score (nSPS) is 10.5. The lowest BCUT2D eigenvalue weighted by molar-refractivity contribution is -0.116. The molecular formula is C23H23ClN4O2. The van der Waals surface area contributed by atoms with E-state index < -0.39 is 0 Å². The van der Waals surface area contributed by atoms with E-state index in [-0.39, 0.29) is 5.91 Å². The molecular weight excluding hydrogens is 400 g/mol. The summed E-state index contributed by atoms with van der Waals surface area (Å²) in [4.78, 5) is 12.4. The van der Waals surface area contributed by atoms with Crippen molar-refractivity contribution in [2.24, 2.45) is 0 Å². The number of carbonyl (C=O) groups excluding carboxylic acids is 1. The second-order valence-corrected chi connectivity index (χ2v) is 7.29. The van der Waals surface area contributed by atoms with Crippen molar-refractivity contribution in [3.63, 3.8) is 0 Å². The van der Waals surface area contributed by atoms with Gasteiger partial charge in [-0.05, 0) is 62.2 Å². The second-order valence-electron chi connectivity index (χ2n) is 6.89. The van der Waals surface area contributed by atoms with Gasteiger partial charge in [0.25, 0.3) is 0 Å². The molecule has 0 aliphatic carbocycles. The van der Waals surface area contributed by atoms with Crippen LogP contribution >= 0.6 is 11.6 Å². The van der Waals surface area contributed by atoms with Gasteiger partial charge in [0.2, 0.25) is 5.91 Å². The van der Waals surface area contributed by atoms with E-state index in [1.165, 1.54) is 0 Å². The summed E-state index contributed by atoms with van der Waals surface area (Å²) in [6.07, 6.45) is 1.37. The van der Waals surface area contributed by atoms with Crippen LogP contribution in [0, 0.1) is 25.2 Å². The molecule has 1 aromatic heterocycles. The van der Waals surface area contributed by atoms with Crippen LogP contribution in [0.25, 0.3) is 0 Å². The summed E-state index contributed by atoms with van der Waals surface area (Å²) in [5.41, 5.74) is 3.67. The number of benzene rings is 2. The monoisotopic (exact) mass is 422 g/mol. The molecule has 30 heavy (non-hydrogen) atoms. The fourth-order valence-electron chi connectivity index (χ4n) is 3.19. The van der Waals surface area contributed by atoms with E-state index in [2.05, 4.69) is 16.5 Å². The lowest BCUT2D eigenvalue weighted by Gasteiger charge is -2.09. The van der Waals surface area contributed by atoms with Crippen LogP contribution < -0.4 is 10.1 Å². The van der Waals surface area contributed by atoms with Gasteiger partial charge in [0.15, 0.2) is 0 Å². The Kier molecular flexibility index (Phi) is 7.10. The molecule has 3 aromatic rings. The van der Waals surface area contributed by atoms with Gasteiger partial charge in [0, 0.05) is 17.8 Å². The van der Waals surface area contributed by atoms with Gasteiger partial charge >= 0.3 is 0 Å². The third-order valence-electron chi connectivity index (χ3n) is 4.77. The van der Waals surface area contributed by atoms with Crippen LogP contribution in [0.1, 0.15) is 29.8 Å². The number of carbonyl (C=O) groups is 1. The summed E-state index contributed by atoms with van der Waals surface area (Å²) in [6.45, 7) is 4.47. The predicted molar refractivity (Wildman–Crippen MR) is 117 cm³/mol. The molecule has 0 atom stereocenters. The first kappa shape index (κ1) is 21.4. The molecule has 0 saturated carbocycles. The first-order chi connectivity index (χ1) is 14.5. The Morgan fingerprint density at radius 2 is 1.93 bits per heavy atom. The van der Waals surface area contributed by atoms with Crippen molar-refractivity contribution >= 4 is 23.2 Å². The van der Waals surface area contributed by atoms with Gasteiger partial charge in [-0.15, -0.1) is 0 Å². The number of para-hydroxylation sites is 1. The molecule has 2 aromatic carbocycles. The van der Waals surface area contributed by atoms with Gasteiger partial charge in [-0.1, -0.05) is 23.7 Å². The Bertz CT molecular complexity index is 1070. The number of nitriles is 1. The number of halogens is 1. The smallest absolute Gasteiger partial charge is 0.224 e. The number of nitrogens with one attached hydrogen (secondary N) is 1. The van der Waals surface area contributed by atoms with E-state index in [0.717, 1.165) is 17.0 Å². The van der Waals surface area contributed by atoms with E-state index in [1.54, 1.807) is 36.4 Å². The number of rotatable bonds is 8. The Morgan fingerprint density at radius 1 is 1.20 bits per heavy atom. The molecule has 0 bridgehead atoms. The number of aromatic nitrogens is 2. The van der Waals surface area contributed by atoms with E-state index in [1.807, 2.05) is 30.7 Å². The number of amides is 1. The van der Waals surface area contributed by atoms with Crippen molar-refractivity contribution in [3.05, 3.63) is 70.5 Å². The molecule has 0 aliphatic heterocycles. The Balaban J connectivity index is 1.55. The van der Waals surface area contributed by atoms with Gasteiger partial charge in [0.05, 0.1) is 29.8 Å². The quantitative estimate of drug-likeness (QED) is 0.524. The van der Waals surface area contributed by atoms with Crippen LogP contribution in [0.15, 0.2) is 48.5 Å². The molecule has 7 heteroatoms. The molecule has 6 nitrogen and oxygen atoms in total. The van der Waals surface area contributed by atoms with Crippen molar-refractivity contribution in [2.45, 2.75) is 39.7 Å². The molecule has 0 radical (unpaired) electrons. The van der Waals surface area contributed by atoms with Crippen molar-refractivity contribution < 1.29 is 9.53 Å². The Labute approximate surface area is 181 Å². The zero-order valence-electron chi connectivity index (χ0n) is 17.0. The molecule has 0 unspecified atom stereocenters. The topological polar surface area (TPSA) is 79.9 Å². The Hall–Kier alpha value is -3.30. The lowest BCUT2D eigenvalue weighted by Crippen LogP contribution is -2.12. The minimum atomic E-state index is -0.0710. The van der Waals surface area contributed by atoms with Crippen molar-refractivity contribution in [1.29, 1.82) is 5.26 Å². The first-order valence-corrected chi connectivity index (χ1v) is 10.1. The minimum Gasteiger partial charge on any atom is -0.456 e. The highest BCUT2D eigenvalue weighted by molar-refractivity contribution is 6.32. The highest BCUT2D eigenvalue weighted by Gasteiger charge is 2.13. The SMILES string of the molecule is Cc1nn(CCC#N)c(C)c1CCC(=O)Nc1ccc(Oc2ccccc2Cl)cc1.